The molecule has 0 aliphatic carbocycles. The van der Waals surface area contributed by atoms with Crippen LogP contribution in [-0.2, 0) is 16.0 Å². The molecule has 28 heavy (non-hydrogen) atoms. The number of amides is 2. The number of hydrogen-bond donors (Lipinski definition) is 2. The first-order valence-corrected chi connectivity index (χ1v) is 9.29. The molecule has 2 N–H and O–H groups in total. The Morgan fingerprint density at radius 3 is 2.46 bits per heavy atom. The van der Waals surface area contributed by atoms with Gasteiger partial charge in [-0.3, -0.25) is 9.59 Å². The van der Waals surface area contributed by atoms with Gasteiger partial charge in [0.15, 0.2) is 0 Å². The highest BCUT2D eigenvalue weighted by Crippen LogP contribution is 2.20. The average molecular weight is 385 g/mol. The number of aromatic amines is 1. The van der Waals surface area contributed by atoms with Crippen LogP contribution in [0, 0.1) is 13.8 Å². The average Bonchev–Trinajstić information content (AvgIpc) is 2.95. The smallest absolute Gasteiger partial charge is 0.340 e. The second-order valence-electron chi connectivity index (χ2n) is 6.57. The number of carbonyl (C=O) groups excluding carboxylic acids is 3. The van der Waals surface area contributed by atoms with Crippen LogP contribution in [0.4, 0.5) is 5.69 Å². The molecule has 1 aromatic carbocycles. The van der Waals surface area contributed by atoms with Gasteiger partial charge in [-0.05, 0) is 44.4 Å². The highest BCUT2D eigenvalue weighted by Gasteiger charge is 2.25. The van der Waals surface area contributed by atoms with E-state index in [0.29, 0.717) is 16.8 Å². The van der Waals surface area contributed by atoms with E-state index in [1.165, 1.54) is 4.90 Å². The van der Waals surface area contributed by atoms with Crippen LogP contribution < -0.4 is 5.32 Å². The fourth-order valence-electron chi connectivity index (χ4n) is 3.09. The minimum Gasteiger partial charge on any atom is -0.462 e. The first-order valence-electron chi connectivity index (χ1n) is 9.29. The molecule has 150 valence electrons. The van der Waals surface area contributed by atoms with Crippen molar-refractivity contribution in [1.82, 2.24) is 9.88 Å². The van der Waals surface area contributed by atoms with Crippen LogP contribution in [0.15, 0.2) is 24.3 Å². The number of hydrogen-bond acceptors (Lipinski definition) is 4. The Kier molecular flexibility index (Phi) is 6.98. The molecule has 7 nitrogen and oxygen atoms in total. The first-order chi connectivity index (χ1) is 13.3. The third-order valence-corrected chi connectivity index (χ3v) is 4.53. The lowest BCUT2D eigenvalue weighted by atomic mass is 10.1. The molecule has 0 unspecified atom stereocenters. The van der Waals surface area contributed by atoms with E-state index in [4.69, 9.17) is 4.74 Å². The molecule has 1 aromatic heterocycles. The number of anilines is 1. The van der Waals surface area contributed by atoms with Gasteiger partial charge in [-0.15, -0.1) is 0 Å². The van der Waals surface area contributed by atoms with E-state index >= 15 is 0 Å². The Morgan fingerprint density at radius 2 is 1.82 bits per heavy atom. The quantitative estimate of drug-likeness (QED) is 0.717. The molecular weight excluding hydrogens is 358 g/mol. The number of H-pyrrole nitrogens is 1. The third-order valence-electron chi connectivity index (χ3n) is 4.53. The predicted octanol–water partition coefficient (Wildman–Crippen LogP) is 3.08. The summed E-state index contributed by atoms with van der Waals surface area (Å²) in [5.74, 6) is -1.12. The van der Waals surface area contributed by atoms with Crippen molar-refractivity contribution in [2.45, 2.75) is 34.1 Å². The van der Waals surface area contributed by atoms with Crippen LogP contribution in [0.3, 0.4) is 0 Å². The van der Waals surface area contributed by atoms with Gasteiger partial charge in [0, 0.05) is 18.4 Å². The second-order valence-corrected chi connectivity index (χ2v) is 6.57. The Morgan fingerprint density at radius 1 is 1.14 bits per heavy atom. The topological polar surface area (TPSA) is 91.5 Å². The van der Waals surface area contributed by atoms with Gasteiger partial charge in [0.2, 0.25) is 5.91 Å². The minimum absolute atomic E-state index is 0.108. The molecule has 2 amide bonds. The van der Waals surface area contributed by atoms with E-state index in [2.05, 4.69) is 10.3 Å². The third kappa shape index (κ3) is 4.60. The van der Waals surface area contributed by atoms with E-state index in [9.17, 15) is 14.4 Å². The van der Waals surface area contributed by atoms with Crippen molar-refractivity contribution in [2.24, 2.45) is 0 Å². The number of para-hydroxylation sites is 1. The van der Waals surface area contributed by atoms with Gasteiger partial charge in [-0.1, -0.05) is 25.1 Å². The van der Waals surface area contributed by atoms with Crippen molar-refractivity contribution in [3.05, 3.63) is 52.3 Å². The SMILES string of the molecule is CCOC(=O)c1c(C)[nH]c(C(=O)N(C)CC(=O)Nc2ccccc2CC)c1C. The van der Waals surface area contributed by atoms with Gasteiger partial charge in [0.1, 0.15) is 5.69 Å². The summed E-state index contributed by atoms with van der Waals surface area (Å²) in [5.41, 5.74) is 3.50. The van der Waals surface area contributed by atoms with Crippen molar-refractivity contribution in [3.63, 3.8) is 0 Å². The van der Waals surface area contributed by atoms with Crippen molar-refractivity contribution in [1.29, 1.82) is 0 Å². The van der Waals surface area contributed by atoms with E-state index in [-0.39, 0.29) is 30.7 Å². The predicted molar refractivity (Wildman–Crippen MR) is 108 cm³/mol. The zero-order valence-electron chi connectivity index (χ0n) is 17.0. The maximum Gasteiger partial charge on any atom is 0.340 e. The molecule has 0 saturated heterocycles. The van der Waals surface area contributed by atoms with E-state index in [1.807, 2.05) is 31.2 Å². The van der Waals surface area contributed by atoms with Crippen LogP contribution in [0.5, 0.6) is 0 Å². The lowest BCUT2D eigenvalue weighted by Crippen LogP contribution is -2.35. The zero-order valence-corrected chi connectivity index (χ0v) is 17.0. The number of aryl methyl sites for hydroxylation is 2. The molecule has 0 atom stereocenters. The van der Waals surface area contributed by atoms with Crippen LogP contribution in [-0.4, -0.2) is 47.9 Å². The normalized spacial score (nSPS) is 10.5. The molecular formula is C21H27N3O4. The van der Waals surface area contributed by atoms with Gasteiger partial charge in [0.25, 0.3) is 5.91 Å². The summed E-state index contributed by atoms with van der Waals surface area (Å²) >= 11 is 0. The molecule has 1 heterocycles. The van der Waals surface area contributed by atoms with E-state index < -0.39 is 5.97 Å². The number of nitrogens with zero attached hydrogens (tertiary/aromatic N) is 1. The van der Waals surface area contributed by atoms with Crippen LogP contribution in [0.25, 0.3) is 0 Å². The molecule has 0 saturated carbocycles. The molecule has 0 spiro atoms. The summed E-state index contributed by atoms with van der Waals surface area (Å²) in [5, 5.41) is 2.85. The fourth-order valence-corrected chi connectivity index (χ4v) is 3.09. The van der Waals surface area contributed by atoms with Crippen molar-refractivity contribution >= 4 is 23.5 Å². The Hall–Kier alpha value is -3.09. The molecule has 2 rings (SSSR count). The van der Waals surface area contributed by atoms with Gasteiger partial charge in [0.05, 0.1) is 18.7 Å². The molecule has 0 radical (unpaired) electrons. The highest BCUT2D eigenvalue weighted by molar-refractivity contribution is 6.02. The number of aromatic nitrogens is 1. The summed E-state index contributed by atoms with van der Waals surface area (Å²) in [4.78, 5) is 41.5. The van der Waals surface area contributed by atoms with Gasteiger partial charge >= 0.3 is 5.97 Å². The first kappa shape index (κ1) is 21.2. The Balaban J connectivity index is 2.11. The maximum absolute atomic E-state index is 12.8. The number of nitrogens with one attached hydrogen (secondary N) is 2. The number of benzene rings is 1. The Bertz CT molecular complexity index is 886. The molecule has 0 fully saturated rings. The van der Waals surface area contributed by atoms with Crippen LogP contribution in [0.2, 0.25) is 0 Å². The number of carbonyl (C=O) groups is 3. The maximum atomic E-state index is 12.8. The summed E-state index contributed by atoms with van der Waals surface area (Å²) < 4.78 is 5.05. The van der Waals surface area contributed by atoms with Crippen molar-refractivity contribution in [3.8, 4) is 0 Å². The second kappa shape index (κ2) is 9.21. The van der Waals surface area contributed by atoms with E-state index in [0.717, 1.165) is 17.7 Å². The lowest BCUT2D eigenvalue weighted by Gasteiger charge is -2.17. The number of esters is 1. The number of ether oxygens (including phenoxy) is 1. The fraction of sp³-hybridized carbons (Fsp3) is 0.381. The largest absolute Gasteiger partial charge is 0.462 e. The molecule has 7 heteroatoms. The summed E-state index contributed by atoms with van der Waals surface area (Å²) in [7, 11) is 1.55. The highest BCUT2D eigenvalue weighted by atomic mass is 16.5. The molecule has 0 aliphatic rings. The van der Waals surface area contributed by atoms with Gasteiger partial charge < -0.3 is 19.9 Å². The molecule has 0 bridgehead atoms. The number of rotatable bonds is 7. The summed E-state index contributed by atoms with van der Waals surface area (Å²) in [6.07, 6.45) is 0.794. The monoisotopic (exact) mass is 385 g/mol. The Labute approximate surface area is 165 Å². The van der Waals surface area contributed by atoms with Crippen LogP contribution >= 0.6 is 0 Å². The molecule has 0 aliphatic heterocycles. The minimum atomic E-state index is -0.468. The summed E-state index contributed by atoms with van der Waals surface area (Å²) in [6.45, 7) is 7.29. The number of likely N-dealkylation sites (N-methyl/N-ethyl adjacent to an activating group) is 1. The van der Waals surface area contributed by atoms with Crippen molar-refractivity contribution < 1.29 is 19.1 Å². The van der Waals surface area contributed by atoms with E-state index in [1.54, 1.807) is 27.8 Å². The van der Waals surface area contributed by atoms with Crippen molar-refractivity contribution in [2.75, 3.05) is 25.5 Å². The standard InChI is InChI=1S/C21H27N3O4/c1-6-15-10-8-9-11-16(15)23-17(25)12-24(5)20(26)19-13(3)18(14(4)22-19)21(27)28-7-2/h8-11,22H,6-7,12H2,1-5H3,(H,23,25). The summed E-state index contributed by atoms with van der Waals surface area (Å²) in [6, 6.07) is 7.56. The lowest BCUT2D eigenvalue weighted by molar-refractivity contribution is -0.116. The molecule has 2 aromatic rings. The van der Waals surface area contributed by atoms with Crippen LogP contribution in [0.1, 0.15) is 51.5 Å². The zero-order chi connectivity index (χ0) is 20.8. The van der Waals surface area contributed by atoms with Gasteiger partial charge in [-0.25, -0.2) is 4.79 Å². The van der Waals surface area contributed by atoms with Gasteiger partial charge in [-0.2, -0.15) is 0 Å².